The predicted molar refractivity (Wildman–Crippen MR) is 47.4 cm³/mol. The number of nitrogens with zero attached hydrogens (tertiary/aromatic N) is 1. The third kappa shape index (κ3) is 2.16. The van der Waals surface area contributed by atoms with Gasteiger partial charge in [0.05, 0.1) is 15.6 Å². The highest BCUT2D eigenvalue weighted by atomic mass is 35.5. The molecule has 5 nitrogen and oxygen atoms in total. The third-order valence-electron chi connectivity index (χ3n) is 1.35. The van der Waals surface area contributed by atoms with E-state index in [-0.39, 0.29) is 10.7 Å². The van der Waals surface area contributed by atoms with Gasteiger partial charge in [0.1, 0.15) is 0 Å². The normalized spacial score (nSPS) is 9.31. The van der Waals surface area contributed by atoms with Crippen LogP contribution in [0.25, 0.3) is 0 Å². The zero-order valence-corrected chi connectivity index (χ0v) is 7.04. The number of non-ortho nitro benzene ring substituents is 1. The molecule has 0 unspecified atom stereocenters. The number of hydrogen-bond donors (Lipinski definition) is 1. The molecule has 67 valence electrons. The van der Waals surface area contributed by atoms with Gasteiger partial charge in [0.15, 0.2) is 0 Å². The fourth-order valence-corrected chi connectivity index (χ4v) is 0.996. The van der Waals surface area contributed by atoms with E-state index >= 15 is 0 Å². The van der Waals surface area contributed by atoms with Crippen LogP contribution in [0.3, 0.4) is 0 Å². The fourth-order valence-electron chi connectivity index (χ4n) is 0.774. The van der Waals surface area contributed by atoms with Gasteiger partial charge >= 0.3 is 6.41 Å². The molecule has 1 radical (unpaired) electrons. The Labute approximate surface area is 78.5 Å². The number of nitro groups is 1. The Balaban J connectivity index is 3.04. The van der Waals surface area contributed by atoms with Gasteiger partial charge in [-0.3, -0.25) is 14.9 Å². The van der Waals surface area contributed by atoms with Crippen LogP contribution in [0.1, 0.15) is 0 Å². The van der Waals surface area contributed by atoms with Crippen LogP contribution in [0.2, 0.25) is 5.02 Å². The zero-order valence-electron chi connectivity index (χ0n) is 6.28. The molecule has 0 aliphatic heterocycles. The van der Waals surface area contributed by atoms with Crippen LogP contribution < -0.4 is 5.32 Å². The van der Waals surface area contributed by atoms with Crippen molar-refractivity contribution in [3.8, 4) is 0 Å². The summed E-state index contributed by atoms with van der Waals surface area (Å²) in [6.45, 7) is 0. The SMILES string of the molecule is O=[C]Nc1ccc([N+](=O)[O-])cc1Cl. The topological polar surface area (TPSA) is 72.2 Å². The molecule has 1 aromatic carbocycles. The number of carbonyl (C=O) groups excluding carboxylic acids is 1. The average molecular weight is 200 g/mol. The molecule has 0 aliphatic rings. The minimum absolute atomic E-state index is 0.109. The van der Waals surface area contributed by atoms with E-state index in [0.717, 1.165) is 6.07 Å². The maximum atomic E-state index is 10.3. The number of halogens is 1. The molecule has 0 saturated carbocycles. The molecule has 1 amide bonds. The van der Waals surface area contributed by atoms with Crippen LogP contribution in [0, 0.1) is 10.1 Å². The highest BCUT2D eigenvalue weighted by Gasteiger charge is 2.08. The lowest BCUT2D eigenvalue weighted by Crippen LogP contribution is -1.95. The Morgan fingerprint density at radius 1 is 1.54 bits per heavy atom. The van der Waals surface area contributed by atoms with Crippen molar-refractivity contribution in [1.29, 1.82) is 0 Å². The number of benzene rings is 1. The van der Waals surface area contributed by atoms with E-state index in [1.54, 1.807) is 0 Å². The lowest BCUT2D eigenvalue weighted by molar-refractivity contribution is -0.384. The van der Waals surface area contributed by atoms with Crippen LogP contribution >= 0.6 is 11.6 Å². The minimum atomic E-state index is -0.569. The first kappa shape index (κ1) is 9.47. The molecule has 1 rings (SSSR count). The minimum Gasteiger partial charge on any atom is -0.316 e. The summed E-state index contributed by atoms with van der Waals surface area (Å²) in [7, 11) is 0. The first-order valence-electron chi connectivity index (χ1n) is 3.22. The molecule has 0 saturated heterocycles. The largest absolute Gasteiger partial charge is 0.316 e. The summed E-state index contributed by atoms with van der Waals surface area (Å²) in [6.07, 6.45) is 1.42. The molecule has 1 N–H and O–H groups in total. The van der Waals surface area contributed by atoms with Crippen molar-refractivity contribution < 1.29 is 9.72 Å². The van der Waals surface area contributed by atoms with Crippen molar-refractivity contribution >= 4 is 29.4 Å². The van der Waals surface area contributed by atoms with Crippen LogP contribution in [-0.4, -0.2) is 11.3 Å². The van der Waals surface area contributed by atoms with Gasteiger partial charge in [0, 0.05) is 12.1 Å². The van der Waals surface area contributed by atoms with Crippen LogP contribution in [0.15, 0.2) is 18.2 Å². The van der Waals surface area contributed by atoms with Gasteiger partial charge < -0.3 is 5.32 Å². The van der Waals surface area contributed by atoms with Crippen molar-refractivity contribution in [3.63, 3.8) is 0 Å². The summed E-state index contributed by atoms with van der Waals surface area (Å²) in [5, 5.41) is 12.6. The van der Waals surface area contributed by atoms with Crippen LogP contribution in [0.5, 0.6) is 0 Å². The second-order valence-electron chi connectivity index (χ2n) is 2.15. The second kappa shape index (κ2) is 3.86. The van der Waals surface area contributed by atoms with Gasteiger partial charge in [0.2, 0.25) is 0 Å². The summed E-state index contributed by atoms with van der Waals surface area (Å²) >= 11 is 5.61. The predicted octanol–water partition coefficient (Wildman–Crippen LogP) is 1.73. The Morgan fingerprint density at radius 2 is 2.23 bits per heavy atom. The Kier molecular flexibility index (Phi) is 2.81. The lowest BCUT2D eigenvalue weighted by Gasteiger charge is -1.99. The van der Waals surface area contributed by atoms with Gasteiger partial charge in [-0.15, -0.1) is 0 Å². The maximum Gasteiger partial charge on any atom is 0.314 e. The van der Waals surface area contributed by atoms with E-state index in [0.29, 0.717) is 5.69 Å². The van der Waals surface area contributed by atoms with Gasteiger partial charge in [-0.1, -0.05) is 11.6 Å². The highest BCUT2D eigenvalue weighted by molar-refractivity contribution is 6.33. The van der Waals surface area contributed by atoms with Gasteiger partial charge in [0.25, 0.3) is 5.69 Å². The molecule has 0 atom stereocenters. The molecule has 0 bridgehead atoms. The van der Waals surface area contributed by atoms with E-state index in [4.69, 9.17) is 11.6 Å². The smallest absolute Gasteiger partial charge is 0.314 e. The van der Waals surface area contributed by atoms with Crippen LogP contribution in [0.4, 0.5) is 11.4 Å². The highest BCUT2D eigenvalue weighted by Crippen LogP contribution is 2.25. The van der Waals surface area contributed by atoms with E-state index < -0.39 is 4.92 Å². The number of anilines is 1. The monoisotopic (exact) mass is 199 g/mol. The number of hydrogen-bond acceptors (Lipinski definition) is 3. The molecule has 0 spiro atoms. The van der Waals surface area contributed by atoms with Crippen molar-refractivity contribution in [1.82, 2.24) is 0 Å². The quantitative estimate of drug-likeness (QED) is 0.458. The summed E-state index contributed by atoms with van der Waals surface area (Å²) in [5.74, 6) is 0. The molecule has 0 aromatic heterocycles. The average Bonchev–Trinajstić information content (AvgIpc) is 2.08. The first-order chi connectivity index (χ1) is 6.15. The summed E-state index contributed by atoms with van der Waals surface area (Å²) < 4.78 is 0. The molecular weight excluding hydrogens is 196 g/mol. The van der Waals surface area contributed by atoms with Crippen molar-refractivity contribution in [2.24, 2.45) is 0 Å². The molecule has 0 fully saturated rings. The number of nitrogens with one attached hydrogen (secondary N) is 1. The molecule has 0 heterocycles. The molecule has 0 aliphatic carbocycles. The molecule has 1 aromatic rings. The van der Waals surface area contributed by atoms with E-state index in [1.807, 2.05) is 0 Å². The van der Waals surface area contributed by atoms with Crippen LogP contribution in [-0.2, 0) is 4.79 Å². The fraction of sp³-hybridized carbons (Fsp3) is 0. The van der Waals surface area contributed by atoms with E-state index in [1.165, 1.54) is 18.5 Å². The Bertz CT molecular complexity index is 354. The molecule has 6 heteroatoms. The van der Waals surface area contributed by atoms with Gasteiger partial charge in [-0.2, -0.15) is 0 Å². The zero-order chi connectivity index (χ0) is 9.84. The summed E-state index contributed by atoms with van der Waals surface area (Å²) in [5.41, 5.74) is 0.170. The van der Waals surface area contributed by atoms with Crippen molar-refractivity contribution in [2.75, 3.05) is 5.32 Å². The van der Waals surface area contributed by atoms with E-state index in [9.17, 15) is 14.9 Å². The number of amides is 1. The Hall–Kier alpha value is -1.62. The van der Waals surface area contributed by atoms with E-state index in [2.05, 4.69) is 5.32 Å². The Morgan fingerprint density at radius 3 is 2.69 bits per heavy atom. The molecule has 13 heavy (non-hydrogen) atoms. The maximum absolute atomic E-state index is 10.3. The van der Waals surface area contributed by atoms with Crippen molar-refractivity contribution in [3.05, 3.63) is 33.3 Å². The standard InChI is InChI=1S/C7H4ClN2O3/c8-6-3-5(10(12)13)1-2-7(6)9-4-11/h1-3H,(H,9,11). The molecular formula is C7H4ClN2O3. The number of nitro benzene ring substituents is 1. The van der Waals surface area contributed by atoms with Gasteiger partial charge in [-0.25, -0.2) is 0 Å². The van der Waals surface area contributed by atoms with Crippen molar-refractivity contribution in [2.45, 2.75) is 0 Å². The second-order valence-corrected chi connectivity index (χ2v) is 2.56. The lowest BCUT2D eigenvalue weighted by atomic mass is 10.3. The summed E-state index contributed by atoms with van der Waals surface area (Å²) in [6, 6.07) is 3.73. The summed E-state index contributed by atoms with van der Waals surface area (Å²) in [4.78, 5) is 19.6. The van der Waals surface area contributed by atoms with Gasteiger partial charge in [-0.05, 0) is 6.07 Å². The third-order valence-corrected chi connectivity index (χ3v) is 1.66. The number of rotatable bonds is 3. The first-order valence-corrected chi connectivity index (χ1v) is 3.60.